The second kappa shape index (κ2) is 4.51. The van der Waals surface area contributed by atoms with Gasteiger partial charge >= 0.3 is 0 Å². The van der Waals surface area contributed by atoms with Crippen LogP contribution in [0.4, 0.5) is 0 Å². The largest absolute Gasteiger partial charge is 0.371 e. The summed E-state index contributed by atoms with van der Waals surface area (Å²) in [5.74, 6) is 0. The van der Waals surface area contributed by atoms with E-state index in [4.69, 9.17) is 4.74 Å². The highest BCUT2D eigenvalue weighted by atomic mass is 16.5. The Bertz CT molecular complexity index is 348. The summed E-state index contributed by atoms with van der Waals surface area (Å²) >= 11 is 0. The molecule has 1 N–H and O–H groups in total. The number of aromatic nitrogens is 3. The lowest BCUT2D eigenvalue weighted by Crippen LogP contribution is -2.29. The molecule has 0 spiro atoms. The van der Waals surface area contributed by atoms with Crippen molar-refractivity contribution in [3.63, 3.8) is 0 Å². The van der Waals surface area contributed by atoms with Gasteiger partial charge in [0.05, 0.1) is 17.4 Å². The number of nitrogens with one attached hydrogen (secondary N) is 1. The fourth-order valence-electron chi connectivity index (χ4n) is 2.06. The fourth-order valence-corrected chi connectivity index (χ4v) is 2.06. The molecule has 16 heavy (non-hydrogen) atoms. The molecule has 2 heterocycles. The molecule has 1 aliphatic rings. The van der Waals surface area contributed by atoms with Crippen molar-refractivity contribution in [1.29, 1.82) is 0 Å². The van der Waals surface area contributed by atoms with E-state index in [2.05, 4.69) is 29.5 Å². The molecule has 0 saturated carbocycles. The van der Waals surface area contributed by atoms with E-state index in [1.807, 2.05) is 13.2 Å². The molecule has 0 aromatic carbocycles. The quantitative estimate of drug-likeness (QED) is 0.824. The Morgan fingerprint density at radius 3 is 3.00 bits per heavy atom. The maximum absolute atomic E-state index is 5.89. The molecule has 1 aliphatic heterocycles. The van der Waals surface area contributed by atoms with E-state index in [1.54, 1.807) is 4.68 Å². The third-order valence-corrected chi connectivity index (χ3v) is 2.88. The molecule has 1 atom stereocenters. The van der Waals surface area contributed by atoms with Crippen molar-refractivity contribution in [2.75, 3.05) is 6.54 Å². The van der Waals surface area contributed by atoms with Gasteiger partial charge in [-0.2, -0.15) is 0 Å². The molecule has 5 nitrogen and oxygen atoms in total. The zero-order valence-electron chi connectivity index (χ0n) is 10.2. The number of hydrogen-bond acceptors (Lipinski definition) is 4. The van der Waals surface area contributed by atoms with Gasteiger partial charge in [0.2, 0.25) is 0 Å². The van der Waals surface area contributed by atoms with Crippen molar-refractivity contribution in [1.82, 2.24) is 20.3 Å². The van der Waals surface area contributed by atoms with Crippen LogP contribution in [0.2, 0.25) is 0 Å². The molecule has 0 bridgehead atoms. The van der Waals surface area contributed by atoms with Crippen LogP contribution in [0.5, 0.6) is 0 Å². The monoisotopic (exact) mass is 224 g/mol. The summed E-state index contributed by atoms with van der Waals surface area (Å²) < 4.78 is 7.60. The van der Waals surface area contributed by atoms with Crippen molar-refractivity contribution in [3.8, 4) is 0 Å². The summed E-state index contributed by atoms with van der Waals surface area (Å²) in [5.41, 5.74) is 1.03. The normalized spacial score (nSPS) is 23.8. The van der Waals surface area contributed by atoms with Crippen molar-refractivity contribution in [2.45, 2.75) is 44.9 Å². The number of ether oxygens (including phenoxy) is 1. The highest BCUT2D eigenvalue weighted by Gasteiger charge is 2.31. The van der Waals surface area contributed by atoms with E-state index in [0.29, 0.717) is 6.10 Å². The first kappa shape index (κ1) is 11.5. The summed E-state index contributed by atoms with van der Waals surface area (Å²) in [6.07, 6.45) is 4.55. The van der Waals surface area contributed by atoms with E-state index in [-0.39, 0.29) is 5.60 Å². The molecule has 0 aliphatic carbocycles. The van der Waals surface area contributed by atoms with Crippen LogP contribution in [0.15, 0.2) is 6.20 Å². The van der Waals surface area contributed by atoms with E-state index < -0.39 is 0 Å². The van der Waals surface area contributed by atoms with Crippen LogP contribution in [-0.4, -0.2) is 33.2 Å². The van der Waals surface area contributed by atoms with Crippen LogP contribution in [0.3, 0.4) is 0 Å². The van der Waals surface area contributed by atoms with E-state index in [1.165, 1.54) is 0 Å². The van der Waals surface area contributed by atoms with Crippen molar-refractivity contribution >= 4 is 0 Å². The molecule has 1 unspecified atom stereocenters. The SMILES string of the molecule is Cn1cc(CNCC2CCC(C)(C)O2)nn1. The van der Waals surface area contributed by atoms with Gasteiger partial charge in [-0.3, -0.25) is 4.68 Å². The number of rotatable bonds is 4. The Morgan fingerprint density at radius 2 is 2.44 bits per heavy atom. The first-order valence-corrected chi connectivity index (χ1v) is 5.79. The Kier molecular flexibility index (Phi) is 3.25. The van der Waals surface area contributed by atoms with Crippen molar-refractivity contribution < 1.29 is 4.74 Å². The van der Waals surface area contributed by atoms with E-state index >= 15 is 0 Å². The van der Waals surface area contributed by atoms with E-state index in [9.17, 15) is 0 Å². The van der Waals surface area contributed by atoms with Crippen LogP contribution in [-0.2, 0) is 18.3 Å². The Morgan fingerprint density at radius 1 is 1.62 bits per heavy atom. The Labute approximate surface area is 96.2 Å². The van der Waals surface area contributed by atoms with Gasteiger partial charge < -0.3 is 10.1 Å². The highest BCUT2D eigenvalue weighted by molar-refractivity contribution is 4.91. The van der Waals surface area contributed by atoms with Crippen molar-refractivity contribution in [3.05, 3.63) is 11.9 Å². The van der Waals surface area contributed by atoms with Crippen LogP contribution >= 0.6 is 0 Å². The molecular weight excluding hydrogens is 204 g/mol. The van der Waals surface area contributed by atoms with Crippen molar-refractivity contribution in [2.24, 2.45) is 7.05 Å². The number of aryl methyl sites for hydroxylation is 1. The summed E-state index contributed by atoms with van der Waals surface area (Å²) in [6.45, 7) is 5.94. The molecule has 0 radical (unpaired) electrons. The van der Waals surface area contributed by atoms with Crippen LogP contribution in [0, 0.1) is 0 Å². The standard InChI is InChI=1S/C11H20N4O/c1-11(2)5-4-10(16-11)7-12-6-9-8-15(3)14-13-9/h8,10,12H,4-7H2,1-3H3. The molecule has 5 heteroatoms. The molecule has 1 aromatic rings. The molecular formula is C11H20N4O. The van der Waals surface area contributed by atoms with Gasteiger partial charge in [-0.1, -0.05) is 5.21 Å². The first-order valence-electron chi connectivity index (χ1n) is 5.79. The zero-order chi connectivity index (χ0) is 11.6. The summed E-state index contributed by atoms with van der Waals surface area (Å²) in [4.78, 5) is 0. The van der Waals surface area contributed by atoms with Gasteiger partial charge in [0.1, 0.15) is 0 Å². The van der Waals surface area contributed by atoms with E-state index in [0.717, 1.165) is 31.6 Å². The Hall–Kier alpha value is -0.940. The zero-order valence-corrected chi connectivity index (χ0v) is 10.2. The van der Waals surface area contributed by atoms with Gasteiger partial charge in [-0.25, -0.2) is 0 Å². The number of hydrogen-bond donors (Lipinski definition) is 1. The minimum Gasteiger partial charge on any atom is -0.371 e. The van der Waals surface area contributed by atoms with Crippen LogP contribution < -0.4 is 5.32 Å². The van der Waals surface area contributed by atoms with Crippen LogP contribution in [0.1, 0.15) is 32.4 Å². The highest BCUT2D eigenvalue weighted by Crippen LogP contribution is 2.28. The summed E-state index contributed by atoms with van der Waals surface area (Å²) in [7, 11) is 1.87. The summed E-state index contributed by atoms with van der Waals surface area (Å²) in [6, 6.07) is 0. The number of nitrogens with zero attached hydrogens (tertiary/aromatic N) is 3. The summed E-state index contributed by atoms with van der Waals surface area (Å²) in [5, 5.41) is 11.3. The van der Waals surface area contributed by atoms with Gasteiger partial charge in [0.15, 0.2) is 0 Å². The molecule has 2 rings (SSSR count). The second-order valence-electron chi connectivity index (χ2n) is 5.05. The first-order chi connectivity index (χ1) is 7.55. The second-order valence-corrected chi connectivity index (χ2v) is 5.05. The van der Waals surface area contributed by atoms with Crippen LogP contribution in [0.25, 0.3) is 0 Å². The lowest BCUT2D eigenvalue weighted by Gasteiger charge is -2.19. The van der Waals surface area contributed by atoms with Gasteiger partial charge in [0.25, 0.3) is 0 Å². The Balaban J connectivity index is 1.69. The average molecular weight is 224 g/mol. The molecule has 90 valence electrons. The topological polar surface area (TPSA) is 52.0 Å². The predicted octanol–water partition coefficient (Wildman–Crippen LogP) is 0.862. The molecule has 1 aromatic heterocycles. The van der Waals surface area contributed by atoms with Gasteiger partial charge in [-0.05, 0) is 26.7 Å². The molecule has 0 amide bonds. The maximum atomic E-state index is 5.89. The van der Waals surface area contributed by atoms with Gasteiger partial charge in [0, 0.05) is 26.3 Å². The predicted molar refractivity (Wildman–Crippen MR) is 60.9 cm³/mol. The minimum absolute atomic E-state index is 0.0545. The minimum atomic E-state index is 0.0545. The van der Waals surface area contributed by atoms with Gasteiger partial charge in [-0.15, -0.1) is 5.10 Å². The molecule has 1 fully saturated rings. The lowest BCUT2D eigenvalue weighted by molar-refractivity contribution is -0.0143. The lowest BCUT2D eigenvalue weighted by atomic mass is 10.1. The fraction of sp³-hybridized carbons (Fsp3) is 0.818. The third kappa shape index (κ3) is 3.02. The maximum Gasteiger partial charge on any atom is 0.0964 e. The third-order valence-electron chi connectivity index (χ3n) is 2.88. The smallest absolute Gasteiger partial charge is 0.0964 e. The average Bonchev–Trinajstić information content (AvgIpc) is 2.73. The molecule has 1 saturated heterocycles.